The summed E-state index contributed by atoms with van der Waals surface area (Å²) in [6.07, 6.45) is 0. The third kappa shape index (κ3) is 5.85. The Bertz CT molecular complexity index is 1210. The number of amides is 1. The summed E-state index contributed by atoms with van der Waals surface area (Å²) >= 11 is 0. The molecule has 0 spiro atoms. The zero-order chi connectivity index (χ0) is 23.0. The number of rotatable bonds is 9. The van der Waals surface area contributed by atoms with Crippen LogP contribution in [-0.2, 0) is 0 Å². The summed E-state index contributed by atoms with van der Waals surface area (Å²) < 4.78 is 10.5. The van der Waals surface area contributed by atoms with Crippen LogP contribution in [0.25, 0.3) is 11.3 Å². The third-order valence-electron chi connectivity index (χ3n) is 4.71. The van der Waals surface area contributed by atoms with Crippen molar-refractivity contribution < 1.29 is 14.1 Å². The number of aromatic nitrogens is 3. The third-order valence-corrected chi connectivity index (χ3v) is 4.71. The van der Waals surface area contributed by atoms with E-state index in [0.717, 1.165) is 22.7 Å². The fourth-order valence-electron chi connectivity index (χ4n) is 3.10. The van der Waals surface area contributed by atoms with Crippen LogP contribution in [0.3, 0.4) is 0 Å². The molecule has 0 saturated heterocycles. The number of benzene rings is 2. The van der Waals surface area contributed by atoms with E-state index in [-0.39, 0.29) is 11.6 Å². The van der Waals surface area contributed by atoms with Crippen molar-refractivity contribution >= 4 is 23.4 Å². The molecule has 168 valence electrons. The van der Waals surface area contributed by atoms with E-state index in [1.807, 2.05) is 67.6 Å². The SMILES string of the molecule is COc1ccc(Nc2cc(C)nc(NCCNC(=O)c3cc(-c4ccccc4)on3)n2)cc1. The number of anilines is 3. The number of nitrogens with one attached hydrogen (secondary N) is 3. The standard InChI is InChI=1S/C24H24N6O3/c1-16-14-22(28-18-8-10-19(32-2)11-9-18)29-24(27-16)26-13-12-25-23(31)20-15-21(33-30-20)17-6-4-3-5-7-17/h3-11,14-15H,12-13H2,1-2H3,(H,25,31)(H2,26,27,28,29). The van der Waals surface area contributed by atoms with Crippen LogP contribution in [0.1, 0.15) is 16.2 Å². The van der Waals surface area contributed by atoms with Crippen molar-refractivity contribution in [3.05, 3.63) is 78.1 Å². The average Bonchev–Trinajstić information content (AvgIpc) is 3.33. The van der Waals surface area contributed by atoms with Gasteiger partial charge in [-0.2, -0.15) is 4.98 Å². The number of carbonyl (C=O) groups is 1. The highest BCUT2D eigenvalue weighted by Crippen LogP contribution is 2.21. The summed E-state index contributed by atoms with van der Waals surface area (Å²) in [5.41, 5.74) is 2.78. The number of hydrogen-bond acceptors (Lipinski definition) is 8. The van der Waals surface area contributed by atoms with Gasteiger partial charge < -0.3 is 25.2 Å². The van der Waals surface area contributed by atoms with Gasteiger partial charge in [0, 0.05) is 42.2 Å². The van der Waals surface area contributed by atoms with E-state index in [2.05, 4.69) is 31.1 Å². The summed E-state index contributed by atoms with van der Waals surface area (Å²) in [7, 11) is 1.63. The highest BCUT2D eigenvalue weighted by Gasteiger charge is 2.13. The Balaban J connectivity index is 1.28. The van der Waals surface area contributed by atoms with E-state index in [4.69, 9.17) is 9.26 Å². The second-order valence-corrected chi connectivity index (χ2v) is 7.20. The summed E-state index contributed by atoms with van der Waals surface area (Å²) in [6.45, 7) is 2.70. The molecule has 0 bridgehead atoms. The Labute approximate surface area is 191 Å². The van der Waals surface area contributed by atoms with E-state index in [0.29, 0.717) is 30.6 Å². The van der Waals surface area contributed by atoms with E-state index >= 15 is 0 Å². The minimum absolute atomic E-state index is 0.228. The largest absolute Gasteiger partial charge is 0.497 e. The molecular weight excluding hydrogens is 420 g/mol. The molecule has 4 rings (SSSR count). The van der Waals surface area contributed by atoms with Crippen LogP contribution >= 0.6 is 0 Å². The molecule has 2 heterocycles. The predicted molar refractivity (Wildman–Crippen MR) is 126 cm³/mol. The Morgan fingerprint density at radius 2 is 1.79 bits per heavy atom. The Kier molecular flexibility index (Phi) is 6.79. The van der Waals surface area contributed by atoms with Crippen molar-refractivity contribution in [1.82, 2.24) is 20.4 Å². The van der Waals surface area contributed by atoms with E-state index < -0.39 is 0 Å². The van der Waals surface area contributed by atoms with Gasteiger partial charge in [-0.05, 0) is 31.2 Å². The summed E-state index contributed by atoms with van der Waals surface area (Å²) in [4.78, 5) is 21.2. The van der Waals surface area contributed by atoms with Gasteiger partial charge >= 0.3 is 0 Å². The van der Waals surface area contributed by atoms with Gasteiger partial charge in [0.2, 0.25) is 5.95 Å². The van der Waals surface area contributed by atoms with Crippen molar-refractivity contribution in [2.24, 2.45) is 0 Å². The van der Waals surface area contributed by atoms with E-state index in [1.54, 1.807) is 13.2 Å². The van der Waals surface area contributed by atoms with Gasteiger partial charge in [0.25, 0.3) is 5.91 Å². The molecule has 9 heteroatoms. The molecule has 33 heavy (non-hydrogen) atoms. The van der Waals surface area contributed by atoms with E-state index in [1.165, 1.54) is 0 Å². The lowest BCUT2D eigenvalue weighted by Gasteiger charge is -2.10. The summed E-state index contributed by atoms with van der Waals surface area (Å²) in [5.74, 6) is 2.15. The number of methoxy groups -OCH3 is 1. The van der Waals surface area contributed by atoms with Gasteiger partial charge in [-0.3, -0.25) is 4.79 Å². The number of ether oxygens (including phenoxy) is 1. The van der Waals surface area contributed by atoms with Gasteiger partial charge in [-0.25, -0.2) is 4.98 Å². The smallest absolute Gasteiger partial charge is 0.273 e. The molecule has 0 aliphatic heterocycles. The molecule has 0 radical (unpaired) electrons. The van der Waals surface area contributed by atoms with Gasteiger partial charge in [-0.15, -0.1) is 0 Å². The maximum Gasteiger partial charge on any atom is 0.273 e. The fraction of sp³-hybridized carbons (Fsp3) is 0.167. The van der Waals surface area contributed by atoms with Crippen molar-refractivity contribution in [3.63, 3.8) is 0 Å². The Hall–Kier alpha value is -4.40. The van der Waals surface area contributed by atoms with Gasteiger partial charge in [0.05, 0.1) is 7.11 Å². The number of carbonyl (C=O) groups excluding carboxylic acids is 1. The number of hydrogen-bond donors (Lipinski definition) is 3. The number of nitrogens with zero attached hydrogens (tertiary/aromatic N) is 3. The molecule has 2 aromatic heterocycles. The first-order valence-electron chi connectivity index (χ1n) is 10.4. The molecule has 0 saturated carbocycles. The molecule has 0 atom stereocenters. The maximum absolute atomic E-state index is 12.3. The summed E-state index contributed by atoms with van der Waals surface area (Å²) in [6, 6.07) is 20.5. The van der Waals surface area contributed by atoms with Crippen LogP contribution < -0.4 is 20.7 Å². The zero-order valence-corrected chi connectivity index (χ0v) is 18.3. The normalized spacial score (nSPS) is 10.5. The monoisotopic (exact) mass is 444 g/mol. The van der Waals surface area contributed by atoms with Crippen LogP contribution in [0.4, 0.5) is 17.5 Å². The lowest BCUT2D eigenvalue weighted by molar-refractivity contribution is 0.0946. The van der Waals surface area contributed by atoms with Gasteiger partial charge in [0.15, 0.2) is 11.5 Å². The highest BCUT2D eigenvalue weighted by molar-refractivity contribution is 5.93. The van der Waals surface area contributed by atoms with Gasteiger partial charge in [0.1, 0.15) is 11.6 Å². The molecule has 3 N–H and O–H groups in total. The summed E-state index contributed by atoms with van der Waals surface area (Å²) in [5, 5.41) is 13.0. The molecule has 0 aliphatic rings. The topological polar surface area (TPSA) is 114 Å². The second-order valence-electron chi connectivity index (χ2n) is 7.20. The molecule has 0 fully saturated rings. The second kappa shape index (κ2) is 10.3. The molecule has 9 nitrogen and oxygen atoms in total. The first-order chi connectivity index (χ1) is 16.1. The molecule has 4 aromatic rings. The van der Waals surface area contributed by atoms with Crippen molar-refractivity contribution in [2.75, 3.05) is 30.8 Å². The molecule has 0 unspecified atom stereocenters. The molecule has 0 aliphatic carbocycles. The predicted octanol–water partition coefficient (Wildman–Crippen LogP) is 4.03. The molecule has 1 amide bonds. The van der Waals surface area contributed by atoms with Crippen LogP contribution in [0.15, 0.2) is 71.3 Å². The highest BCUT2D eigenvalue weighted by atomic mass is 16.5. The van der Waals surface area contributed by atoms with Crippen LogP contribution in [0, 0.1) is 6.92 Å². The maximum atomic E-state index is 12.3. The minimum atomic E-state index is -0.310. The first-order valence-corrected chi connectivity index (χ1v) is 10.4. The van der Waals surface area contributed by atoms with Crippen LogP contribution in [-0.4, -0.2) is 41.2 Å². The molecule has 2 aromatic carbocycles. The Morgan fingerprint density at radius 3 is 2.55 bits per heavy atom. The number of aryl methyl sites for hydroxylation is 1. The zero-order valence-electron chi connectivity index (χ0n) is 18.3. The van der Waals surface area contributed by atoms with Gasteiger partial charge in [-0.1, -0.05) is 35.5 Å². The molecular formula is C24H24N6O3. The van der Waals surface area contributed by atoms with Crippen molar-refractivity contribution in [2.45, 2.75) is 6.92 Å². The minimum Gasteiger partial charge on any atom is -0.497 e. The lowest BCUT2D eigenvalue weighted by atomic mass is 10.1. The van der Waals surface area contributed by atoms with Crippen molar-refractivity contribution in [3.8, 4) is 17.1 Å². The lowest BCUT2D eigenvalue weighted by Crippen LogP contribution is -2.29. The van der Waals surface area contributed by atoms with Crippen LogP contribution in [0.5, 0.6) is 5.75 Å². The fourth-order valence-corrected chi connectivity index (χ4v) is 3.10. The van der Waals surface area contributed by atoms with Crippen molar-refractivity contribution in [1.29, 1.82) is 0 Å². The Morgan fingerprint density at radius 1 is 1.00 bits per heavy atom. The average molecular weight is 444 g/mol. The first kappa shape index (κ1) is 21.8. The quantitative estimate of drug-likeness (QED) is 0.332. The van der Waals surface area contributed by atoms with Crippen LogP contribution in [0.2, 0.25) is 0 Å². The van der Waals surface area contributed by atoms with E-state index in [9.17, 15) is 4.79 Å².